The molecular weight excluding hydrogens is 376 g/mol. The van der Waals surface area contributed by atoms with Crippen molar-refractivity contribution >= 4 is 17.3 Å². The molecule has 4 rings (SSSR count). The molecule has 2 aromatic carbocycles. The maximum Gasteiger partial charge on any atom is 0.227 e. The Labute approximate surface area is 177 Å². The van der Waals surface area contributed by atoms with E-state index in [4.69, 9.17) is 4.52 Å². The zero-order chi connectivity index (χ0) is 20.8. The van der Waals surface area contributed by atoms with E-state index in [1.807, 2.05) is 49.4 Å². The highest BCUT2D eigenvalue weighted by atomic mass is 16.5. The van der Waals surface area contributed by atoms with E-state index in [0.29, 0.717) is 24.6 Å². The zero-order valence-corrected chi connectivity index (χ0v) is 17.4. The SMILES string of the molecule is Cc1ccc(-c2noc(CCC(=O)Nc3ccccc3N3CCCCCC3)n2)cc1. The number of hydrogen-bond acceptors (Lipinski definition) is 5. The van der Waals surface area contributed by atoms with E-state index >= 15 is 0 Å². The van der Waals surface area contributed by atoms with Crippen molar-refractivity contribution in [2.24, 2.45) is 0 Å². The third-order valence-electron chi connectivity index (χ3n) is 5.47. The molecule has 0 atom stereocenters. The van der Waals surface area contributed by atoms with Crippen LogP contribution in [0.1, 0.15) is 43.6 Å². The van der Waals surface area contributed by atoms with Crippen LogP contribution in [0.5, 0.6) is 0 Å². The van der Waals surface area contributed by atoms with Crippen molar-refractivity contribution < 1.29 is 9.32 Å². The Morgan fingerprint density at radius 1 is 1.03 bits per heavy atom. The minimum absolute atomic E-state index is 0.0487. The summed E-state index contributed by atoms with van der Waals surface area (Å²) in [6, 6.07) is 16.0. The fourth-order valence-corrected chi connectivity index (χ4v) is 3.78. The first-order valence-electron chi connectivity index (χ1n) is 10.7. The molecule has 0 bridgehead atoms. The highest BCUT2D eigenvalue weighted by molar-refractivity contribution is 5.94. The number of carbonyl (C=O) groups excluding carboxylic acids is 1. The number of rotatable bonds is 6. The Morgan fingerprint density at radius 2 is 1.77 bits per heavy atom. The molecule has 1 aliphatic heterocycles. The topological polar surface area (TPSA) is 71.3 Å². The lowest BCUT2D eigenvalue weighted by molar-refractivity contribution is -0.116. The third kappa shape index (κ3) is 5.06. The van der Waals surface area contributed by atoms with Crippen LogP contribution in [-0.4, -0.2) is 29.1 Å². The van der Waals surface area contributed by atoms with Gasteiger partial charge in [-0.2, -0.15) is 4.98 Å². The molecule has 2 heterocycles. The number of aromatic nitrogens is 2. The van der Waals surface area contributed by atoms with Crippen molar-refractivity contribution in [3.8, 4) is 11.4 Å². The molecule has 3 aromatic rings. The average molecular weight is 405 g/mol. The monoisotopic (exact) mass is 404 g/mol. The first-order valence-corrected chi connectivity index (χ1v) is 10.7. The molecule has 1 saturated heterocycles. The molecular formula is C24H28N4O2. The van der Waals surface area contributed by atoms with E-state index in [1.54, 1.807) is 0 Å². The summed E-state index contributed by atoms with van der Waals surface area (Å²) in [6.07, 6.45) is 5.66. The minimum atomic E-state index is -0.0487. The fraction of sp³-hybridized carbons (Fsp3) is 0.375. The second-order valence-electron chi connectivity index (χ2n) is 7.84. The van der Waals surface area contributed by atoms with Crippen molar-refractivity contribution in [3.63, 3.8) is 0 Å². The Kier molecular flexibility index (Phi) is 6.42. The van der Waals surface area contributed by atoms with Crippen LogP contribution < -0.4 is 10.2 Å². The van der Waals surface area contributed by atoms with Crippen molar-refractivity contribution in [3.05, 3.63) is 60.0 Å². The normalized spacial score (nSPS) is 14.4. The predicted octanol–water partition coefficient (Wildman–Crippen LogP) is 5.00. The molecule has 0 unspecified atom stereocenters. The lowest BCUT2D eigenvalue weighted by atomic mass is 10.1. The number of hydrogen-bond donors (Lipinski definition) is 1. The van der Waals surface area contributed by atoms with Crippen LogP contribution in [0.4, 0.5) is 11.4 Å². The Hall–Kier alpha value is -3.15. The van der Waals surface area contributed by atoms with Gasteiger partial charge in [0, 0.05) is 31.5 Å². The van der Waals surface area contributed by atoms with E-state index in [1.165, 1.54) is 31.2 Å². The largest absolute Gasteiger partial charge is 0.370 e. The average Bonchev–Trinajstić information content (AvgIpc) is 3.07. The number of nitrogens with zero attached hydrogens (tertiary/aromatic N) is 3. The van der Waals surface area contributed by atoms with Gasteiger partial charge in [0.2, 0.25) is 17.6 Å². The number of nitrogens with one attached hydrogen (secondary N) is 1. The van der Waals surface area contributed by atoms with E-state index in [9.17, 15) is 4.79 Å². The smallest absolute Gasteiger partial charge is 0.227 e. The minimum Gasteiger partial charge on any atom is -0.370 e. The molecule has 1 N–H and O–H groups in total. The summed E-state index contributed by atoms with van der Waals surface area (Å²) < 4.78 is 5.33. The molecule has 0 spiro atoms. The third-order valence-corrected chi connectivity index (χ3v) is 5.47. The highest BCUT2D eigenvalue weighted by Gasteiger charge is 2.16. The van der Waals surface area contributed by atoms with Gasteiger partial charge in [0.05, 0.1) is 11.4 Å². The molecule has 156 valence electrons. The van der Waals surface area contributed by atoms with E-state index in [2.05, 4.69) is 26.4 Å². The Morgan fingerprint density at radius 3 is 2.53 bits per heavy atom. The van der Waals surface area contributed by atoms with Crippen LogP contribution in [0.25, 0.3) is 11.4 Å². The second kappa shape index (κ2) is 9.57. The van der Waals surface area contributed by atoms with Crippen LogP contribution in [0, 0.1) is 6.92 Å². The number of para-hydroxylation sites is 2. The fourth-order valence-electron chi connectivity index (χ4n) is 3.78. The summed E-state index contributed by atoms with van der Waals surface area (Å²) in [4.78, 5) is 19.4. The molecule has 0 saturated carbocycles. The maximum atomic E-state index is 12.6. The lowest BCUT2D eigenvalue weighted by Gasteiger charge is -2.25. The van der Waals surface area contributed by atoms with Crippen molar-refractivity contribution in [2.75, 3.05) is 23.3 Å². The van der Waals surface area contributed by atoms with Crippen LogP contribution in [-0.2, 0) is 11.2 Å². The van der Waals surface area contributed by atoms with Crippen LogP contribution in [0.2, 0.25) is 0 Å². The molecule has 1 fully saturated rings. The zero-order valence-electron chi connectivity index (χ0n) is 17.4. The van der Waals surface area contributed by atoms with Crippen LogP contribution in [0.15, 0.2) is 53.1 Å². The van der Waals surface area contributed by atoms with Crippen LogP contribution >= 0.6 is 0 Å². The van der Waals surface area contributed by atoms with Crippen LogP contribution in [0.3, 0.4) is 0 Å². The predicted molar refractivity (Wildman–Crippen MR) is 119 cm³/mol. The summed E-state index contributed by atoms with van der Waals surface area (Å²) in [5.74, 6) is 0.978. The van der Waals surface area contributed by atoms with Gasteiger partial charge in [0.15, 0.2) is 0 Å². The summed E-state index contributed by atoms with van der Waals surface area (Å²) in [5, 5.41) is 7.11. The summed E-state index contributed by atoms with van der Waals surface area (Å²) >= 11 is 0. The van der Waals surface area contributed by atoms with E-state index in [0.717, 1.165) is 30.0 Å². The van der Waals surface area contributed by atoms with Gasteiger partial charge in [0.25, 0.3) is 0 Å². The van der Waals surface area contributed by atoms with Gasteiger partial charge in [-0.05, 0) is 31.9 Å². The standard InChI is InChI=1S/C24H28N4O2/c1-18-10-12-19(13-11-18)24-26-23(30-27-24)15-14-22(29)25-20-8-4-5-9-21(20)28-16-6-2-3-7-17-28/h4-5,8-13H,2-3,6-7,14-17H2,1H3,(H,25,29). The van der Waals surface area contributed by atoms with Gasteiger partial charge in [-0.3, -0.25) is 4.79 Å². The second-order valence-corrected chi connectivity index (χ2v) is 7.84. The van der Waals surface area contributed by atoms with Crippen molar-refractivity contribution in [1.82, 2.24) is 10.1 Å². The molecule has 6 heteroatoms. The summed E-state index contributed by atoms with van der Waals surface area (Å²) in [5.41, 5.74) is 4.06. The van der Waals surface area contributed by atoms with Gasteiger partial charge in [-0.1, -0.05) is 60.0 Å². The molecule has 1 aromatic heterocycles. The number of amides is 1. The maximum absolute atomic E-state index is 12.6. The number of aryl methyl sites for hydroxylation is 2. The first kappa shape index (κ1) is 20.1. The first-order chi connectivity index (χ1) is 14.7. The highest BCUT2D eigenvalue weighted by Crippen LogP contribution is 2.28. The molecule has 30 heavy (non-hydrogen) atoms. The van der Waals surface area contributed by atoms with Gasteiger partial charge in [-0.15, -0.1) is 0 Å². The van der Waals surface area contributed by atoms with Gasteiger partial charge in [-0.25, -0.2) is 0 Å². The molecule has 0 aliphatic carbocycles. The molecule has 1 amide bonds. The summed E-state index contributed by atoms with van der Waals surface area (Å²) in [7, 11) is 0. The van der Waals surface area contributed by atoms with Crippen molar-refractivity contribution in [2.45, 2.75) is 45.4 Å². The van der Waals surface area contributed by atoms with Crippen molar-refractivity contribution in [1.29, 1.82) is 0 Å². The van der Waals surface area contributed by atoms with Gasteiger partial charge in [0.1, 0.15) is 0 Å². The Balaban J connectivity index is 1.36. The van der Waals surface area contributed by atoms with E-state index in [-0.39, 0.29) is 5.91 Å². The number of anilines is 2. The van der Waals surface area contributed by atoms with Gasteiger partial charge >= 0.3 is 0 Å². The molecule has 0 radical (unpaired) electrons. The quantitative estimate of drug-likeness (QED) is 0.626. The molecule has 6 nitrogen and oxygen atoms in total. The number of benzene rings is 2. The Bertz CT molecular complexity index is 973. The lowest BCUT2D eigenvalue weighted by Crippen LogP contribution is -2.25. The van der Waals surface area contributed by atoms with E-state index < -0.39 is 0 Å². The summed E-state index contributed by atoms with van der Waals surface area (Å²) in [6.45, 7) is 4.11. The van der Waals surface area contributed by atoms with Gasteiger partial charge < -0.3 is 14.7 Å². The number of carbonyl (C=O) groups is 1. The molecule has 1 aliphatic rings.